The number of benzene rings is 1. The van der Waals surface area contributed by atoms with Crippen molar-refractivity contribution >= 4 is 5.69 Å². The standard InChI is InChI=1S/C14H15N3/c1-17-10-2-3-14(17)11-16-13-6-4-12(5-7-13)8-9-15/h2-7,10,16H,8,11H2,1H3. The van der Waals surface area contributed by atoms with Crippen molar-refractivity contribution in [3.8, 4) is 6.07 Å². The largest absolute Gasteiger partial charge is 0.379 e. The van der Waals surface area contributed by atoms with E-state index < -0.39 is 0 Å². The molecule has 0 aliphatic carbocycles. The second-order valence-electron chi connectivity index (χ2n) is 4.00. The first kappa shape index (κ1) is 11.3. The van der Waals surface area contributed by atoms with E-state index in [4.69, 9.17) is 5.26 Å². The summed E-state index contributed by atoms with van der Waals surface area (Å²) >= 11 is 0. The monoisotopic (exact) mass is 225 g/mol. The van der Waals surface area contributed by atoms with E-state index in [0.717, 1.165) is 17.8 Å². The van der Waals surface area contributed by atoms with Crippen LogP contribution < -0.4 is 5.32 Å². The van der Waals surface area contributed by atoms with Crippen LogP contribution in [-0.2, 0) is 20.0 Å². The number of nitriles is 1. The lowest BCUT2D eigenvalue weighted by atomic mass is 10.1. The summed E-state index contributed by atoms with van der Waals surface area (Å²) in [5.74, 6) is 0. The molecule has 0 amide bonds. The molecule has 3 heteroatoms. The van der Waals surface area contributed by atoms with Crippen LogP contribution in [0.15, 0.2) is 42.6 Å². The molecule has 2 rings (SSSR count). The summed E-state index contributed by atoms with van der Waals surface area (Å²) in [6.07, 6.45) is 2.51. The van der Waals surface area contributed by atoms with Crippen molar-refractivity contribution in [2.75, 3.05) is 5.32 Å². The van der Waals surface area contributed by atoms with Crippen LogP contribution in [0.2, 0.25) is 0 Å². The van der Waals surface area contributed by atoms with Crippen molar-refractivity contribution in [3.63, 3.8) is 0 Å². The van der Waals surface area contributed by atoms with Crippen molar-refractivity contribution < 1.29 is 0 Å². The average Bonchev–Trinajstić information content (AvgIpc) is 2.75. The molecular weight excluding hydrogens is 210 g/mol. The van der Waals surface area contributed by atoms with Crippen LogP contribution >= 0.6 is 0 Å². The van der Waals surface area contributed by atoms with Crippen LogP contribution in [0.3, 0.4) is 0 Å². The van der Waals surface area contributed by atoms with Gasteiger partial charge in [0.1, 0.15) is 0 Å². The summed E-state index contributed by atoms with van der Waals surface area (Å²) in [4.78, 5) is 0. The molecule has 0 atom stereocenters. The normalized spacial score (nSPS) is 9.88. The lowest BCUT2D eigenvalue weighted by molar-refractivity contribution is 0.842. The Hall–Kier alpha value is -2.21. The SMILES string of the molecule is Cn1cccc1CNc1ccc(CC#N)cc1. The molecular formula is C14H15N3. The Bertz CT molecular complexity index is 517. The van der Waals surface area contributed by atoms with Crippen molar-refractivity contribution in [1.29, 1.82) is 5.26 Å². The number of hydrogen-bond donors (Lipinski definition) is 1. The minimum atomic E-state index is 0.470. The molecule has 1 heterocycles. The van der Waals surface area contributed by atoms with Gasteiger partial charge in [-0.05, 0) is 29.8 Å². The van der Waals surface area contributed by atoms with Crippen LogP contribution in [0.5, 0.6) is 0 Å². The summed E-state index contributed by atoms with van der Waals surface area (Å²) in [6.45, 7) is 0.807. The van der Waals surface area contributed by atoms with E-state index in [2.05, 4.69) is 22.0 Å². The van der Waals surface area contributed by atoms with Gasteiger partial charge in [-0.15, -0.1) is 0 Å². The van der Waals surface area contributed by atoms with E-state index in [9.17, 15) is 0 Å². The molecule has 86 valence electrons. The van der Waals surface area contributed by atoms with Crippen molar-refractivity contribution in [2.45, 2.75) is 13.0 Å². The summed E-state index contributed by atoms with van der Waals surface area (Å²) in [6, 6.07) is 14.3. The third-order valence-corrected chi connectivity index (χ3v) is 2.76. The quantitative estimate of drug-likeness (QED) is 0.869. The maximum absolute atomic E-state index is 8.58. The Kier molecular flexibility index (Phi) is 3.46. The minimum absolute atomic E-state index is 0.470. The fraction of sp³-hybridized carbons (Fsp3) is 0.214. The second-order valence-corrected chi connectivity index (χ2v) is 4.00. The van der Waals surface area contributed by atoms with E-state index in [1.54, 1.807) is 0 Å². The van der Waals surface area contributed by atoms with Crippen LogP contribution in [0.4, 0.5) is 5.69 Å². The second kappa shape index (κ2) is 5.22. The molecule has 0 radical (unpaired) electrons. The fourth-order valence-electron chi connectivity index (χ4n) is 1.70. The van der Waals surface area contributed by atoms with Gasteiger partial charge in [-0.3, -0.25) is 0 Å². The molecule has 17 heavy (non-hydrogen) atoms. The zero-order valence-corrected chi connectivity index (χ0v) is 9.85. The third-order valence-electron chi connectivity index (χ3n) is 2.76. The summed E-state index contributed by atoms with van der Waals surface area (Å²) in [7, 11) is 2.03. The lowest BCUT2D eigenvalue weighted by Gasteiger charge is -2.07. The number of hydrogen-bond acceptors (Lipinski definition) is 2. The fourth-order valence-corrected chi connectivity index (χ4v) is 1.70. The van der Waals surface area contributed by atoms with Crippen LogP contribution in [0, 0.1) is 11.3 Å². The number of aromatic nitrogens is 1. The molecule has 3 nitrogen and oxygen atoms in total. The zero-order chi connectivity index (χ0) is 12.1. The highest BCUT2D eigenvalue weighted by atomic mass is 15.0. The topological polar surface area (TPSA) is 40.8 Å². The first-order valence-corrected chi connectivity index (χ1v) is 5.59. The van der Waals surface area contributed by atoms with Crippen LogP contribution in [0.1, 0.15) is 11.3 Å². The highest BCUT2D eigenvalue weighted by Gasteiger charge is 1.97. The lowest BCUT2D eigenvalue weighted by Crippen LogP contribution is -2.03. The van der Waals surface area contributed by atoms with Gasteiger partial charge < -0.3 is 9.88 Å². The molecule has 1 aromatic carbocycles. The first-order valence-electron chi connectivity index (χ1n) is 5.59. The first-order chi connectivity index (χ1) is 8.29. The third kappa shape index (κ3) is 2.88. The molecule has 1 N–H and O–H groups in total. The van der Waals surface area contributed by atoms with Gasteiger partial charge in [-0.2, -0.15) is 5.26 Å². The maximum atomic E-state index is 8.58. The van der Waals surface area contributed by atoms with Crippen LogP contribution in [0.25, 0.3) is 0 Å². The molecule has 0 unspecified atom stereocenters. The Balaban J connectivity index is 1.96. The molecule has 0 bridgehead atoms. The molecule has 0 aliphatic heterocycles. The smallest absolute Gasteiger partial charge is 0.0669 e. The molecule has 2 aromatic rings. The average molecular weight is 225 g/mol. The van der Waals surface area contributed by atoms with E-state index >= 15 is 0 Å². The predicted molar refractivity (Wildman–Crippen MR) is 68.5 cm³/mol. The van der Waals surface area contributed by atoms with Gasteiger partial charge in [-0.1, -0.05) is 12.1 Å². The molecule has 0 fully saturated rings. The van der Waals surface area contributed by atoms with Gasteiger partial charge in [-0.25, -0.2) is 0 Å². The predicted octanol–water partition coefficient (Wildman–Crippen LogP) is 2.70. The summed E-state index contributed by atoms with van der Waals surface area (Å²) < 4.78 is 2.09. The Morgan fingerprint density at radius 1 is 1.24 bits per heavy atom. The van der Waals surface area contributed by atoms with Gasteiger partial charge in [0.25, 0.3) is 0 Å². The molecule has 0 saturated carbocycles. The molecule has 0 aliphatic rings. The number of nitrogens with zero attached hydrogens (tertiary/aromatic N) is 2. The molecule has 0 spiro atoms. The number of rotatable bonds is 4. The van der Waals surface area contributed by atoms with E-state index in [-0.39, 0.29) is 0 Å². The van der Waals surface area contributed by atoms with E-state index in [1.807, 2.05) is 43.6 Å². The Labute approximate surface area is 101 Å². The maximum Gasteiger partial charge on any atom is 0.0669 e. The Morgan fingerprint density at radius 2 is 2.00 bits per heavy atom. The highest BCUT2D eigenvalue weighted by molar-refractivity contribution is 5.45. The summed E-state index contributed by atoms with van der Waals surface area (Å²) in [5, 5.41) is 11.9. The highest BCUT2D eigenvalue weighted by Crippen LogP contribution is 2.11. The molecule has 1 aromatic heterocycles. The Morgan fingerprint density at radius 3 is 2.59 bits per heavy atom. The van der Waals surface area contributed by atoms with Crippen molar-refractivity contribution in [1.82, 2.24) is 4.57 Å². The van der Waals surface area contributed by atoms with E-state index in [0.29, 0.717) is 6.42 Å². The minimum Gasteiger partial charge on any atom is -0.379 e. The summed E-state index contributed by atoms with van der Waals surface area (Å²) in [5.41, 5.74) is 3.37. The van der Waals surface area contributed by atoms with Crippen molar-refractivity contribution in [2.24, 2.45) is 7.05 Å². The number of nitrogens with one attached hydrogen (secondary N) is 1. The molecule has 0 saturated heterocycles. The van der Waals surface area contributed by atoms with Gasteiger partial charge in [0.15, 0.2) is 0 Å². The van der Waals surface area contributed by atoms with Crippen molar-refractivity contribution in [3.05, 3.63) is 53.9 Å². The van der Waals surface area contributed by atoms with Crippen LogP contribution in [-0.4, -0.2) is 4.57 Å². The van der Waals surface area contributed by atoms with Gasteiger partial charge in [0, 0.05) is 24.6 Å². The van der Waals surface area contributed by atoms with E-state index in [1.165, 1.54) is 5.69 Å². The van der Waals surface area contributed by atoms with Gasteiger partial charge in [0.05, 0.1) is 19.0 Å². The number of anilines is 1. The number of aryl methyl sites for hydroxylation is 1. The van der Waals surface area contributed by atoms with Gasteiger partial charge >= 0.3 is 0 Å². The zero-order valence-electron chi connectivity index (χ0n) is 9.85. The van der Waals surface area contributed by atoms with Gasteiger partial charge in [0.2, 0.25) is 0 Å².